The number of halogens is 1. The molecule has 9 rings (SSSR count). The Hall–Kier alpha value is -3.29. The normalized spacial score (nSPS) is 38.9. The van der Waals surface area contributed by atoms with E-state index in [4.69, 9.17) is 11.6 Å². The fourth-order valence-corrected chi connectivity index (χ4v) is 11.9. The number of allylic oxidation sites excluding steroid dienone is 24. The Bertz CT molecular complexity index is 1840. The Balaban J connectivity index is 1.03. The Morgan fingerprint density at radius 3 is 2.54 bits per heavy atom. The maximum Gasteiger partial charge on any atom is 0.123 e. The number of alkyl halides is 1. The van der Waals surface area contributed by atoms with Gasteiger partial charge in [-0.05, 0) is 135 Å². The summed E-state index contributed by atoms with van der Waals surface area (Å²) in [4.78, 5) is 2.69. The highest BCUT2D eigenvalue weighted by atomic mass is 35.5. The fourth-order valence-electron chi connectivity index (χ4n) is 11.5. The van der Waals surface area contributed by atoms with Crippen molar-refractivity contribution in [3.05, 3.63) is 154 Å². The van der Waals surface area contributed by atoms with Gasteiger partial charge in [0.1, 0.15) is 5.50 Å². The lowest BCUT2D eigenvalue weighted by Crippen LogP contribution is -2.45. The van der Waals surface area contributed by atoms with E-state index in [2.05, 4.69) is 128 Å². The molecular weight excluding hydrogens is 650 g/mol. The van der Waals surface area contributed by atoms with E-state index in [0.29, 0.717) is 53.4 Å². The summed E-state index contributed by atoms with van der Waals surface area (Å²) in [6.07, 6.45) is 58.0. The minimum Gasteiger partial charge on any atom is -0.349 e. The summed E-state index contributed by atoms with van der Waals surface area (Å²) in [7, 11) is 0. The first-order chi connectivity index (χ1) is 25.5. The number of fused-ring (bicyclic) bond motifs is 5. The monoisotopic (exact) mass is 707 g/mol. The minimum absolute atomic E-state index is 0.141. The minimum atomic E-state index is -0.141. The lowest BCUT2D eigenvalue weighted by molar-refractivity contribution is 0.167. The van der Waals surface area contributed by atoms with Crippen molar-refractivity contribution < 1.29 is 0 Å². The number of hydrogen-bond donors (Lipinski definition) is 0. The highest BCUT2D eigenvalue weighted by Gasteiger charge is 2.41. The third-order valence-electron chi connectivity index (χ3n) is 14.2. The fraction of sp³-hybridized carbons (Fsp3) is 0.480. The summed E-state index contributed by atoms with van der Waals surface area (Å²) < 4.78 is 0. The van der Waals surface area contributed by atoms with Crippen LogP contribution in [0, 0.1) is 47.3 Å². The molecule has 0 aromatic rings. The molecule has 10 atom stereocenters. The molecule has 0 N–H and O–H groups in total. The Morgan fingerprint density at radius 2 is 1.65 bits per heavy atom. The van der Waals surface area contributed by atoms with Crippen molar-refractivity contribution in [2.45, 2.75) is 102 Å². The zero-order valence-corrected chi connectivity index (χ0v) is 32.2. The van der Waals surface area contributed by atoms with Crippen LogP contribution in [0.2, 0.25) is 0 Å². The van der Waals surface area contributed by atoms with Gasteiger partial charge in [0.05, 0.1) is 6.04 Å². The van der Waals surface area contributed by atoms with Gasteiger partial charge in [0.15, 0.2) is 0 Å². The van der Waals surface area contributed by atoms with Crippen molar-refractivity contribution in [1.82, 2.24) is 4.90 Å². The van der Waals surface area contributed by atoms with Crippen molar-refractivity contribution >= 4 is 11.6 Å². The second-order valence-corrected chi connectivity index (χ2v) is 17.9. The maximum absolute atomic E-state index is 7.63. The van der Waals surface area contributed by atoms with Gasteiger partial charge in [0, 0.05) is 17.5 Å². The van der Waals surface area contributed by atoms with Gasteiger partial charge in [-0.25, -0.2) is 0 Å². The van der Waals surface area contributed by atoms with Crippen LogP contribution in [-0.4, -0.2) is 16.4 Å². The molecule has 1 nitrogen and oxygen atoms in total. The molecule has 0 aromatic carbocycles. The molecule has 1 aliphatic heterocycles. The second-order valence-electron chi connectivity index (χ2n) is 17.5. The molecule has 270 valence electrons. The van der Waals surface area contributed by atoms with Crippen molar-refractivity contribution in [2.24, 2.45) is 47.3 Å². The third-order valence-corrected chi connectivity index (χ3v) is 14.6. The Kier molecular flexibility index (Phi) is 9.85. The molecule has 1 heterocycles. The second kappa shape index (κ2) is 14.9. The van der Waals surface area contributed by atoms with Gasteiger partial charge >= 0.3 is 0 Å². The highest BCUT2D eigenvalue weighted by Crippen LogP contribution is 2.52. The van der Waals surface area contributed by atoms with Crippen LogP contribution in [0.5, 0.6) is 0 Å². The quantitative estimate of drug-likeness (QED) is 0.160. The average Bonchev–Trinajstić information content (AvgIpc) is 3.25. The first-order valence-electron chi connectivity index (χ1n) is 20.9. The first-order valence-corrected chi connectivity index (χ1v) is 21.3. The van der Waals surface area contributed by atoms with Crippen LogP contribution in [0.15, 0.2) is 154 Å². The van der Waals surface area contributed by atoms with Gasteiger partial charge in [-0.15, -0.1) is 0 Å². The molecule has 0 saturated carbocycles. The molecule has 0 saturated heterocycles. The van der Waals surface area contributed by atoms with Gasteiger partial charge < -0.3 is 4.90 Å². The van der Waals surface area contributed by atoms with Gasteiger partial charge in [-0.1, -0.05) is 152 Å². The van der Waals surface area contributed by atoms with Crippen molar-refractivity contribution in [1.29, 1.82) is 0 Å². The molecule has 8 aliphatic carbocycles. The molecule has 9 aliphatic rings. The Labute approximate surface area is 319 Å². The van der Waals surface area contributed by atoms with E-state index in [1.54, 1.807) is 33.4 Å². The summed E-state index contributed by atoms with van der Waals surface area (Å²) in [5.41, 5.74) is 12.7. The molecule has 0 fully saturated rings. The summed E-state index contributed by atoms with van der Waals surface area (Å²) >= 11 is 7.63. The number of nitrogens with zero attached hydrogens (tertiary/aromatic N) is 1. The third kappa shape index (κ3) is 6.59. The first kappa shape index (κ1) is 34.5. The standard InChI is InChI=1S/C50H58ClN/c1-33-23-25-45-43-19-9-10-20-44(43)46-26-24-37(32-48(46)47(45)27-33)36-17-12-22-50(51)52(49-21-11-7-16-38(49)28-36)41-30-39(35-14-4-3-5-15-35)29-40(31-41)42-18-8-6-13-34(42)2/h3-6,8-9,11-12,14,18-19,21-26,31,33-36,38-40,48-50H,7,10,13,15-17,20,27-30,32H2,1-2H3/b22-12-. The molecular formula is C50H58ClN. The van der Waals surface area contributed by atoms with E-state index < -0.39 is 0 Å². The molecule has 0 aromatic heterocycles. The maximum atomic E-state index is 7.63. The summed E-state index contributed by atoms with van der Waals surface area (Å²) in [6, 6.07) is 0.331. The molecule has 0 spiro atoms. The molecule has 0 radical (unpaired) electrons. The zero-order chi connectivity index (χ0) is 35.2. The summed E-state index contributed by atoms with van der Waals surface area (Å²) in [5, 5.41) is 0. The highest BCUT2D eigenvalue weighted by molar-refractivity contribution is 6.21. The summed E-state index contributed by atoms with van der Waals surface area (Å²) in [6.45, 7) is 4.83. The van der Waals surface area contributed by atoms with Gasteiger partial charge in [0.25, 0.3) is 0 Å². The van der Waals surface area contributed by atoms with Crippen LogP contribution >= 0.6 is 11.6 Å². The molecule has 52 heavy (non-hydrogen) atoms. The zero-order valence-electron chi connectivity index (χ0n) is 31.5. The topological polar surface area (TPSA) is 3.24 Å². The van der Waals surface area contributed by atoms with Crippen LogP contribution in [0.4, 0.5) is 0 Å². The van der Waals surface area contributed by atoms with E-state index in [1.165, 1.54) is 62.6 Å². The predicted molar refractivity (Wildman–Crippen MR) is 220 cm³/mol. The number of rotatable bonds is 4. The van der Waals surface area contributed by atoms with Gasteiger partial charge in [-0.2, -0.15) is 0 Å². The van der Waals surface area contributed by atoms with Crippen molar-refractivity contribution in [3.8, 4) is 0 Å². The van der Waals surface area contributed by atoms with E-state index in [9.17, 15) is 0 Å². The van der Waals surface area contributed by atoms with E-state index in [-0.39, 0.29) is 5.50 Å². The molecule has 10 unspecified atom stereocenters. The van der Waals surface area contributed by atoms with Crippen LogP contribution in [0.25, 0.3) is 0 Å². The largest absolute Gasteiger partial charge is 0.349 e. The molecule has 2 heteroatoms. The SMILES string of the molecule is CC1C=CC2=C(C1)C1CC(C3C/C=C\C(Cl)N(C4=CC(C5=CC=CCC5C)CC(C5C=CC=CC5)C4)C4C=CCCC4C3)=CC=C1C1=C2C=CCC1. The Morgan fingerprint density at radius 1 is 0.731 bits per heavy atom. The van der Waals surface area contributed by atoms with Gasteiger partial charge in [-0.3, -0.25) is 0 Å². The molecule has 0 bridgehead atoms. The number of hydrogen-bond acceptors (Lipinski definition) is 1. The molecule has 0 amide bonds. The van der Waals surface area contributed by atoms with Crippen LogP contribution in [-0.2, 0) is 0 Å². The lowest BCUT2D eigenvalue weighted by Gasteiger charge is -2.46. The summed E-state index contributed by atoms with van der Waals surface area (Å²) in [5.74, 6) is 4.60. The van der Waals surface area contributed by atoms with E-state index in [1.807, 2.05) is 0 Å². The predicted octanol–water partition coefficient (Wildman–Crippen LogP) is 13.1. The van der Waals surface area contributed by atoms with Crippen LogP contribution in [0.1, 0.15) is 90.9 Å². The van der Waals surface area contributed by atoms with Crippen molar-refractivity contribution in [2.75, 3.05) is 0 Å². The van der Waals surface area contributed by atoms with Gasteiger partial charge in [0.2, 0.25) is 0 Å². The van der Waals surface area contributed by atoms with Crippen molar-refractivity contribution in [3.63, 3.8) is 0 Å². The smallest absolute Gasteiger partial charge is 0.123 e. The lowest BCUT2D eigenvalue weighted by atomic mass is 9.64. The average molecular weight is 708 g/mol. The van der Waals surface area contributed by atoms with E-state index >= 15 is 0 Å². The van der Waals surface area contributed by atoms with E-state index in [0.717, 1.165) is 25.7 Å². The van der Waals surface area contributed by atoms with Crippen LogP contribution < -0.4 is 0 Å². The van der Waals surface area contributed by atoms with Crippen LogP contribution in [0.3, 0.4) is 0 Å².